The monoisotopic (exact) mass is 562 g/mol. The summed E-state index contributed by atoms with van der Waals surface area (Å²) in [6.45, 7) is 7.66. The predicted octanol–water partition coefficient (Wildman–Crippen LogP) is 3.71. The number of nitrogens with one attached hydrogen (secondary N) is 1. The molecule has 1 saturated heterocycles. The summed E-state index contributed by atoms with van der Waals surface area (Å²) in [6, 6.07) is 12.5. The Kier molecular flexibility index (Phi) is 7.68. The molecule has 5 rings (SSSR count). The molecule has 1 atom stereocenters. The number of likely N-dealkylation sites (tertiary alicyclic amines) is 1. The maximum Gasteiger partial charge on any atom is 0.410 e. The third-order valence-electron chi connectivity index (χ3n) is 8.24. The van der Waals surface area contributed by atoms with Crippen LogP contribution in [0.15, 0.2) is 42.5 Å². The molecule has 1 unspecified atom stereocenters. The Balaban J connectivity index is 1.24. The van der Waals surface area contributed by atoms with E-state index >= 15 is 0 Å². The Morgan fingerprint density at radius 3 is 2.44 bits per heavy atom. The number of primary amides is 1. The highest BCUT2D eigenvalue weighted by molar-refractivity contribution is 6.03. The first kappa shape index (κ1) is 28.4. The van der Waals surface area contributed by atoms with Gasteiger partial charge in [0, 0.05) is 54.8 Å². The van der Waals surface area contributed by atoms with Gasteiger partial charge < -0.3 is 30.3 Å². The minimum atomic E-state index is -0.918. The first-order valence-electron chi connectivity index (χ1n) is 14.2. The van der Waals surface area contributed by atoms with Crippen LogP contribution in [0.5, 0.6) is 0 Å². The number of nitrogens with two attached hydrogens (primary N) is 1. The highest BCUT2D eigenvalue weighted by Crippen LogP contribution is 2.48. The summed E-state index contributed by atoms with van der Waals surface area (Å²) >= 11 is 0. The van der Waals surface area contributed by atoms with Crippen LogP contribution in [0.3, 0.4) is 0 Å². The van der Waals surface area contributed by atoms with Crippen LogP contribution in [-0.2, 0) is 37.6 Å². The van der Waals surface area contributed by atoms with Crippen LogP contribution in [0.25, 0.3) is 0 Å². The van der Waals surface area contributed by atoms with Gasteiger partial charge in [-0.1, -0.05) is 36.4 Å². The van der Waals surface area contributed by atoms with Crippen LogP contribution in [0.4, 0.5) is 10.5 Å². The molecule has 41 heavy (non-hydrogen) atoms. The zero-order valence-corrected chi connectivity index (χ0v) is 23.9. The molecular weight excluding hydrogens is 524 g/mol. The molecule has 3 N–H and O–H groups in total. The molecule has 218 valence electrons. The van der Waals surface area contributed by atoms with E-state index in [4.69, 9.17) is 15.2 Å². The van der Waals surface area contributed by atoms with Gasteiger partial charge in [-0.25, -0.2) is 4.79 Å². The van der Waals surface area contributed by atoms with Crippen LogP contribution in [0.2, 0.25) is 0 Å². The lowest BCUT2D eigenvalue weighted by molar-refractivity contribution is -0.155. The lowest BCUT2D eigenvalue weighted by atomic mass is 9.74. The van der Waals surface area contributed by atoms with Gasteiger partial charge in [0.15, 0.2) is 0 Å². The molecule has 3 amide bonds. The van der Waals surface area contributed by atoms with Crippen molar-refractivity contribution >= 4 is 29.6 Å². The van der Waals surface area contributed by atoms with E-state index in [9.17, 15) is 19.2 Å². The number of amides is 3. The fourth-order valence-electron chi connectivity index (χ4n) is 6.13. The normalized spacial score (nSPS) is 18.0. The molecule has 2 aromatic rings. The molecular formula is C31H38N4O6. The minimum Gasteiger partial charge on any atom is -0.460 e. The predicted molar refractivity (Wildman–Crippen MR) is 152 cm³/mol. The Bertz CT molecular complexity index is 1340. The van der Waals surface area contributed by atoms with E-state index in [1.807, 2.05) is 42.5 Å². The molecule has 3 heterocycles. The van der Waals surface area contributed by atoms with Gasteiger partial charge in [-0.3, -0.25) is 14.4 Å². The Hall–Kier alpha value is -4.08. The molecule has 0 aliphatic carbocycles. The van der Waals surface area contributed by atoms with Crippen molar-refractivity contribution in [1.29, 1.82) is 0 Å². The van der Waals surface area contributed by atoms with Crippen molar-refractivity contribution in [2.75, 3.05) is 25.0 Å². The Morgan fingerprint density at radius 1 is 1.07 bits per heavy atom. The van der Waals surface area contributed by atoms with Crippen molar-refractivity contribution in [1.82, 2.24) is 9.80 Å². The third-order valence-corrected chi connectivity index (χ3v) is 8.24. The smallest absolute Gasteiger partial charge is 0.410 e. The largest absolute Gasteiger partial charge is 0.460 e. The molecule has 3 aliphatic heterocycles. The topological polar surface area (TPSA) is 131 Å². The highest BCUT2D eigenvalue weighted by Gasteiger charge is 2.46. The number of nitrogens with zero attached hydrogens (tertiary/aromatic N) is 2. The maximum absolute atomic E-state index is 13.4. The summed E-state index contributed by atoms with van der Waals surface area (Å²) in [5, 5.41) is 3.53. The molecule has 0 saturated carbocycles. The molecule has 10 heteroatoms. The van der Waals surface area contributed by atoms with E-state index in [0.717, 1.165) is 35.2 Å². The zero-order chi connectivity index (χ0) is 29.4. The van der Waals surface area contributed by atoms with Gasteiger partial charge in [-0.05, 0) is 57.2 Å². The molecule has 1 spiro atoms. The maximum atomic E-state index is 13.4. The lowest BCUT2D eigenvalue weighted by Crippen LogP contribution is -2.46. The summed E-state index contributed by atoms with van der Waals surface area (Å²) in [4.78, 5) is 54.0. The summed E-state index contributed by atoms with van der Waals surface area (Å²) in [5.41, 5.74) is 9.30. The van der Waals surface area contributed by atoms with Gasteiger partial charge in [0.25, 0.3) is 5.91 Å². The van der Waals surface area contributed by atoms with E-state index < -0.39 is 23.5 Å². The van der Waals surface area contributed by atoms with Crippen molar-refractivity contribution in [3.05, 3.63) is 64.7 Å². The number of ether oxygens (including phenoxy) is 2. The number of anilines is 1. The summed E-state index contributed by atoms with van der Waals surface area (Å²) in [6.07, 6.45) is 1.30. The van der Waals surface area contributed by atoms with Crippen molar-refractivity contribution in [2.45, 2.75) is 76.7 Å². The second kappa shape index (κ2) is 11.1. The van der Waals surface area contributed by atoms with Gasteiger partial charge in [-0.2, -0.15) is 0 Å². The number of fused-ring (bicyclic) bond motifs is 4. The quantitative estimate of drug-likeness (QED) is 0.492. The summed E-state index contributed by atoms with van der Waals surface area (Å²) < 4.78 is 10.9. The van der Waals surface area contributed by atoms with Crippen LogP contribution < -0.4 is 11.1 Å². The van der Waals surface area contributed by atoms with Crippen molar-refractivity contribution in [3.63, 3.8) is 0 Å². The number of piperidine rings is 1. The molecule has 10 nitrogen and oxygen atoms in total. The van der Waals surface area contributed by atoms with Gasteiger partial charge >= 0.3 is 12.1 Å². The third kappa shape index (κ3) is 5.87. The number of carbonyl (C=O) groups is 4. The molecule has 3 aliphatic rings. The highest BCUT2D eigenvalue weighted by atomic mass is 16.6. The fourth-order valence-corrected chi connectivity index (χ4v) is 6.13. The average molecular weight is 563 g/mol. The van der Waals surface area contributed by atoms with Crippen LogP contribution in [-0.4, -0.2) is 65.0 Å². The van der Waals surface area contributed by atoms with Crippen LogP contribution >= 0.6 is 0 Å². The van der Waals surface area contributed by atoms with E-state index in [0.29, 0.717) is 25.2 Å². The van der Waals surface area contributed by atoms with E-state index in [1.165, 1.54) is 4.90 Å². The van der Waals surface area contributed by atoms with E-state index in [2.05, 4.69) is 5.32 Å². The SMILES string of the molecule is CC(C)(C)OC(=O)CCC(C(N)=O)N1Cc2c(ccc3c2NCC32CCN(C(=O)OCc3ccccc3)CC2)C1=O. The number of hydrogen-bond acceptors (Lipinski definition) is 7. The van der Waals surface area contributed by atoms with Crippen LogP contribution in [0.1, 0.15) is 73.5 Å². The number of esters is 1. The molecule has 0 bridgehead atoms. The average Bonchev–Trinajstić information content (AvgIpc) is 3.45. The lowest BCUT2D eigenvalue weighted by Gasteiger charge is -2.38. The van der Waals surface area contributed by atoms with Gasteiger partial charge in [-0.15, -0.1) is 0 Å². The molecule has 1 fully saturated rings. The fraction of sp³-hybridized carbons (Fsp3) is 0.484. The standard InChI is InChI=1S/C31H38N4O6/c1-30(2,3)41-25(36)12-11-24(27(32)37)35-17-22-21(28(35)38)9-10-23-26(22)33-19-31(23)13-15-34(16-14-31)29(39)40-18-20-7-5-4-6-8-20/h4-10,24,33H,11-19H2,1-3H3,(H2,32,37). The number of carbonyl (C=O) groups excluding carboxylic acids is 4. The second-order valence-electron chi connectivity index (χ2n) is 12.2. The first-order chi connectivity index (χ1) is 19.5. The number of hydrogen-bond donors (Lipinski definition) is 2. The second-order valence-corrected chi connectivity index (χ2v) is 12.2. The molecule has 2 aromatic carbocycles. The van der Waals surface area contributed by atoms with Crippen molar-refractivity contribution in [3.8, 4) is 0 Å². The van der Waals surface area contributed by atoms with Crippen molar-refractivity contribution < 1.29 is 28.7 Å². The van der Waals surface area contributed by atoms with E-state index in [1.54, 1.807) is 25.7 Å². The minimum absolute atomic E-state index is 0.0191. The van der Waals surface area contributed by atoms with Gasteiger partial charge in [0.1, 0.15) is 18.2 Å². The molecule has 0 radical (unpaired) electrons. The number of benzene rings is 2. The summed E-state index contributed by atoms with van der Waals surface area (Å²) in [7, 11) is 0. The summed E-state index contributed by atoms with van der Waals surface area (Å²) in [5.74, 6) is -1.36. The molecule has 0 aromatic heterocycles. The first-order valence-corrected chi connectivity index (χ1v) is 14.2. The van der Waals surface area contributed by atoms with Gasteiger partial charge in [0.05, 0.1) is 0 Å². The van der Waals surface area contributed by atoms with Crippen molar-refractivity contribution in [2.24, 2.45) is 5.73 Å². The zero-order valence-electron chi connectivity index (χ0n) is 23.9. The van der Waals surface area contributed by atoms with Crippen LogP contribution in [0, 0.1) is 0 Å². The Morgan fingerprint density at radius 2 is 1.78 bits per heavy atom. The Labute approximate surface area is 240 Å². The van der Waals surface area contributed by atoms with E-state index in [-0.39, 0.29) is 43.4 Å². The van der Waals surface area contributed by atoms with Gasteiger partial charge in [0.2, 0.25) is 5.91 Å². The number of rotatable bonds is 7.